The standard InChI is InChI=1S/C24H22FNO4S/c25-19-5-2-6-20(14-19)31(29,30)21-9-10-22-16(3-1-4-17(22)13-21)7-8-18-15-26-12-11-23(18)24(27)28/h2,5-6,9-16H,1,3-4,7-8H2,(H,27,28). The maximum Gasteiger partial charge on any atom is 0.336 e. The maximum absolute atomic E-state index is 13.5. The van der Waals surface area contributed by atoms with Crippen LogP contribution in [0, 0.1) is 5.82 Å². The van der Waals surface area contributed by atoms with Gasteiger partial charge in [-0.05, 0) is 91.1 Å². The Morgan fingerprint density at radius 3 is 2.71 bits per heavy atom. The Kier molecular flexibility index (Phi) is 5.87. The van der Waals surface area contributed by atoms with Gasteiger partial charge in [0.25, 0.3) is 0 Å². The number of carbonyl (C=O) groups is 1. The van der Waals surface area contributed by atoms with Crippen molar-refractivity contribution in [1.82, 2.24) is 4.98 Å². The molecule has 0 fully saturated rings. The van der Waals surface area contributed by atoms with E-state index >= 15 is 0 Å². The van der Waals surface area contributed by atoms with E-state index in [9.17, 15) is 22.7 Å². The third kappa shape index (κ3) is 4.37. The summed E-state index contributed by atoms with van der Waals surface area (Å²) in [7, 11) is -3.80. The van der Waals surface area contributed by atoms with Gasteiger partial charge < -0.3 is 5.11 Å². The lowest BCUT2D eigenvalue weighted by Gasteiger charge is -2.26. The zero-order valence-electron chi connectivity index (χ0n) is 16.8. The van der Waals surface area contributed by atoms with Crippen LogP contribution in [-0.4, -0.2) is 24.5 Å². The van der Waals surface area contributed by atoms with E-state index in [4.69, 9.17) is 0 Å². The van der Waals surface area contributed by atoms with Gasteiger partial charge in [0.2, 0.25) is 9.84 Å². The van der Waals surface area contributed by atoms with Gasteiger partial charge in [-0.2, -0.15) is 0 Å². The SMILES string of the molecule is O=C(O)c1ccncc1CCC1CCCc2cc(S(=O)(=O)c3cccc(F)c3)ccc21. The van der Waals surface area contributed by atoms with Crippen molar-refractivity contribution in [3.8, 4) is 0 Å². The second kappa shape index (κ2) is 8.59. The number of halogens is 1. The van der Waals surface area contributed by atoms with Crippen molar-refractivity contribution in [2.45, 2.75) is 47.8 Å². The molecule has 0 amide bonds. The van der Waals surface area contributed by atoms with Gasteiger partial charge >= 0.3 is 5.97 Å². The second-order valence-electron chi connectivity index (χ2n) is 7.79. The Balaban J connectivity index is 1.59. The zero-order valence-corrected chi connectivity index (χ0v) is 17.6. The Bertz CT molecular complexity index is 1240. The summed E-state index contributed by atoms with van der Waals surface area (Å²) in [4.78, 5) is 15.6. The van der Waals surface area contributed by atoms with Crippen LogP contribution in [0.2, 0.25) is 0 Å². The molecule has 4 rings (SSSR count). The molecule has 1 heterocycles. The quantitative estimate of drug-likeness (QED) is 0.596. The molecule has 0 aliphatic heterocycles. The van der Waals surface area contributed by atoms with Crippen LogP contribution in [0.4, 0.5) is 4.39 Å². The first-order chi connectivity index (χ1) is 14.9. The molecule has 1 unspecified atom stereocenters. The summed E-state index contributed by atoms with van der Waals surface area (Å²) in [5.41, 5.74) is 3.05. The number of nitrogens with zero attached hydrogens (tertiary/aromatic N) is 1. The summed E-state index contributed by atoms with van der Waals surface area (Å²) in [6.07, 6.45) is 7.10. The fourth-order valence-electron chi connectivity index (χ4n) is 4.29. The van der Waals surface area contributed by atoms with E-state index < -0.39 is 21.6 Å². The number of fused-ring (bicyclic) bond motifs is 1. The molecule has 3 aromatic rings. The molecule has 0 bridgehead atoms. The predicted octanol–water partition coefficient (Wildman–Crippen LogP) is 4.80. The molecule has 0 saturated carbocycles. The summed E-state index contributed by atoms with van der Waals surface area (Å²) >= 11 is 0. The van der Waals surface area contributed by atoms with Gasteiger partial charge in [-0.3, -0.25) is 4.98 Å². The minimum Gasteiger partial charge on any atom is -0.478 e. The Morgan fingerprint density at radius 1 is 1.13 bits per heavy atom. The first kappa shape index (κ1) is 21.2. The number of hydrogen-bond donors (Lipinski definition) is 1. The molecule has 1 aromatic heterocycles. The van der Waals surface area contributed by atoms with Crippen molar-refractivity contribution in [3.63, 3.8) is 0 Å². The predicted molar refractivity (Wildman–Crippen MR) is 113 cm³/mol. The normalized spacial score (nSPS) is 16.0. The van der Waals surface area contributed by atoms with E-state index in [0.717, 1.165) is 42.9 Å². The van der Waals surface area contributed by atoms with Crippen LogP contribution in [0.15, 0.2) is 70.7 Å². The van der Waals surface area contributed by atoms with Gasteiger partial charge in [-0.25, -0.2) is 17.6 Å². The Labute approximate surface area is 180 Å². The van der Waals surface area contributed by atoms with Crippen LogP contribution < -0.4 is 0 Å². The van der Waals surface area contributed by atoms with Crippen LogP contribution in [0.5, 0.6) is 0 Å². The van der Waals surface area contributed by atoms with Crippen LogP contribution >= 0.6 is 0 Å². The zero-order chi connectivity index (χ0) is 22.0. The van der Waals surface area contributed by atoms with E-state index in [-0.39, 0.29) is 21.3 Å². The maximum atomic E-state index is 13.5. The van der Waals surface area contributed by atoms with Crippen molar-refractivity contribution in [2.75, 3.05) is 0 Å². The van der Waals surface area contributed by atoms with Crippen molar-refractivity contribution in [3.05, 3.63) is 89.0 Å². The minimum absolute atomic E-state index is 0.0578. The number of pyridine rings is 1. The first-order valence-electron chi connectivity index (χ1n) is 10.2. The summed E-state index contributed by atoms with van der Waals surface area (Å²) in [6, 6.07) is 11.7. The number of sulfone groups is 1. The first-order valence-corrected chi connectivity index (χ1v) is 11.6. The monoisotopic (exact) mass is 439 g/mol. The third-order valence-electron chi connectivity index (χ3n) is 5.87. The number of benzene rings is 2. The highest BCUT2D eigenvalue weighted by molar-refractivity contribution is 7.91. The van der Waals surface area contributed by atoms with Crippen LogP contribution in [0.3, 0.4) is 0 Å². The average Bonchev–Trinajstić information content (AvgIpc) is 2.77. The van der Waals surface area contributed by atoms with Crippen molar-refractivity contribution < 1.29 is 22.7 Å². The van der Waals surface area contributed by atoms with Crippen LogP contribution in [0.25, 0.3) is 0 Å². The molecule has 1 aliphatic rings. The Hall–Kier alpha value is -3.06. The molecule has 0 saturated heterocycles. The number of hydrogen-bond acceptors (Lipinski definition) is 4. The van der Waals surface area contributed by atoms with Gasteiger partial charge in [0, 0.05) is 12.4 Å². The highest BCUT2D eigenvalue weighted by Crippen LogP contribution is 2.37. The number of carboxylic acids is 1. The van der Waals surface area contributed by atoms with Gasteiger partial charge in [0.05, 0.1) is 15.4 Å². The number of rotatable bonds is 6. The highest BCUT2D eigenvalue weighted by atomic mass is 32.2. The lowest BCUT2D eigenvalue weighted by molar-refractivity contribution is 0.0695. The molecule has 2 aromatic carbocycles. The van der Waals surface area contributed by atoms with Gasteiger partial charge in [0.1, 0.15) is 5.82 Å². The Morgan fingerprint density at radius 2 is 1.94 bits per heavy atom. The molecule has 1 atom stereocenters. The molecule has 7 heteroatoms. The number of aryl methyl sites for hydroxylation is 2. The van der Waals surface area contributed by atoms with Crippen molar-refractivity contribution >= 4 is 15.8 Å². The molecule has 0 radical (unpaired) electrons. The summed E-state index contributed by atoms with van der Waals surface area (Å²) < 4.78 is 39.4. The topological polar surface area (TPSA) is 84.3 Å². The average molecular weight is 440 g/mol. The smallest absolute Gasteiger partial charge is 0.336 e. The van der Waals surface area contributed by atoms with Crippen molar-refractivity contribution in [1.29, 1.82) is 0 Å². The van der Waals surface area contributed by atoms with Crippen molar-refractivity contribution in [2.24, 2.45) is 0 Å². The lowest BCUT2D eigenvalue weighted by Crippen LogP contribution is -2.13. The molecule has 5 nitrogen and oxygen atoms in total. The molecule has 31 heavy (non-hydrogen) atoms. The van der Waals surface area contributed by atoms with Crippen LogP contribution in [0.1, 0.15) is 52.2 Å². The number of aromatic nitrogens is 1. The fraction of sp³-hybridized carbons (Fsp3) is 0.250. The second-order valence-corrected chi connectivity index (χ2v) is 9.74. The van der Waals surface area contributed by atoms with Crippen LogP contribution in [-0.2, 0) is 22.7 Å². The van der Waals surface area contributed by atoms with Gasteiger partial charge in [-0.1, -0.05) is 12.1 Å². The van der Waals surface area contributed by atoms with E-state index in [1.807, 2.05) is 6.07 Å². The fourth-order valence-corrected chi connectivity index (χ4v) is 5.64. The number of aromatic carboxylic acids is 1. The summed E-state index contributed by atoms with van der Waals surface area (Å²) in [5.74, 6) is -1.33. The van der Waals surface area contributed by atoms with E-state index in [1.165, 1.54) is 30.5 Å². The molecule has 160 valence electrons. The van der Waals surface area contributed by atoms with E-state index in [2.05, 4.69) is 4.98 Å². The third-order valence-corrected chi connectivity index (χ3v) is 7.61. The van der Waals surface area contributed by atoms with Gasteiger partial charge in [-0.15, -0.1) is 0 Å². The van der Waals surface area contributed by atoms with Gasteiger partial charge in [0.15, 0.2) is 0 Å². The van der Waals surface area contributed by atoms with E-state index in [1.54, 1.807) is 18.3 Å². The molecule has 1 N–H and O–H groups in total. The molecular weight excluding hydrogens is 417 g/mol. The largest absolute Gasteiger partial charge is 0.478 e. The highest BCUT2D eigenvalue weighted by Gasteiger charge is 2.25. The minimum atomic E-state index is -3.80. The summed E-state index contributed by atoms with van der Waals surface area (Å²) in [6.45, 7) is 0. The van der Waals surface area contributed by atoms with E-state index in [0.29, 0.717) is 12.0 Å². The molecular formula is C24H22FNO4S. The number of carboxylic acid groups (broad SMARTS) is 1. The lowest BCUT2D eigenvalue weighted by atomic mass is 9.80. The summed E-state index contributed by atoms with van der Waals surface area (Å²) in [5, 5.41) is 9.37. The molecule has 1 aliphatic carbocycles. The molecule has 0 spiro atoms.